The van der Waals surface area contributed by atoms with Crippen LogP contribution in [0.1, 0.15) is 26.6 Å². The molecule has 0 atom stereocenters. The lowest BCUT2D eigenvalue weighted by molar-refractivity contribution is -0.129. The van der Waals surface area contributed by atoms with Gasteiger partial charge in [-0.15, -0.1) is 11.3 Å². The molecule has 0 spiro atoms. The molecule has 3 aromatic rings. The van der Waals surface area contributed by atoms with Gasteiger partial charge < -0.3 is 10.2 Å². The molecule has 0 aliphatic heterocycles. The Morgan fingerprint density at radius 1 is 1.35 bits per heavy atom. The fourth-order valence-electron chi connectivity index (χ4n) is 2.63. The van der Waals surface area contributed by atoms with Gasteiger partial charge in [-0.3, -0.25) is 14.0 Å². The standard InChI is InChI=1S/C18H19BrN4O2S/c1-11-9-23-15(12(2)21-18(23)26-11)10-22(3)16(24)8-20-17(25)13-5-4-6-14(19)7-13/h4-7,9H,8,10H2,1-3H3,(H,20,25). The van der Waals surface area contributed by atoms with E-state index in [-0.39, 0.29) is 18.4 Å². The minimum Gasteiger partial charge on any atom is -0.343 e. The molecule has 2 amide bonds. The average molecular weight is 435 g/mol. The van der Waals surface area contributed by atoms with E-state index in [0.29, 0.717) is 12.1 Å². The number of fused-ring (bicyclic) bond motifs is 1. The first-order chi connectivity index (χ1) is 12.3. The van der Waals surface area contributed by atoms with Crippen molar-refractivity contribution in [1.82, 2.24) is 19.6 Å². The summed E-state index contributed by atoms with van der Waals surface area (Å²) in [5, 5.41) is 2.67. The van der Waals surface area contributed by atoms with Gasteiger partial charge in [0.1, 0.15) is 0 Å². The van der Waals surface area contributed by atoms with Gasteiger partial charge in [0.25, 0.3) is 5.91 Å². The van der Waals surface area contributed by atoms with Crippen molar-refractivity contribution >= 4 is 44.0 Å². The van der Waals surface area contributed by atoms with Crippen LogP contribution in [0.5, 0.6) is 0 Å². The van der Waals surface area contributed by atoms with Gasteiger partial charge in [-0.1, -0.05) is 22.0 Å². The van der Waals surface area contributed by atoms with Crippen LogP contribution in [-0.4, -0.2) is 39.7 Å². The van der Waals surface area contributed by atoms with Crippen LogP contribution in [0.3, 0.4) is 0 Å². The molecule has 0 fully saturated rings. The summed E-state index contributed by atoms with van der Waals surface area (Å²) in [5.74, 6) is -0.431. The maximum absolute atomic E-state index is 12.4. The van der Waals surface area contributed by atoms with Crippen LogP contribution in [0, 0.1) is 13.8 Å². The van der Waals surface area contributed by atoms with E-state index in [2.05, 4.69) is 26.2 Å². The highest BCUT2D eigenvalue weighted by Crippen LogP contribution is 2.21. The number of aromatic nitrogens is 2. The second kappa shape index (κ2) is 7.59. The highest BCUT2D eigenvalue weighted by Gasteiger charge is 2.17. The largest absolute Gasteiger partial charge is 0.343 e. The Bertz CT molecular complexity index is 979. The summed E-state index contributed by atoms with van der Waals surface area (Å²) in [4.78, 5) is 32.8. The van der Waals surface area contributed by atoms with E-state index in [1.54, 1.807) is 41.5 Å². The summed E-state index contributed by atoms with van der Waals surface area (Å²) in [7, 11) is 1.73. The number of amides is 2. The summed E-state index contributed by atoms with van der Waals surface area (Å²) in [6.07, 6.45) is 2.03. The molecule has 8 heteroatoms. The first-order valence-electron chi connectivity index (χ1n) is 8.07. The average Bonchev–Trinajstić information content (AvgIpc) is 3.08. The molecule has 0 aliphatic rings. The van der Waals surface area contributed by atoms with Crippen molar-refractivity contribution in [1.29, 1.82) is 0 Å². The van der Waals surface area contributed by atoms with Gasteiger partial charge in [0.2, 0.25) is 5.91 Å². The Labute approximate surface area is 164 Å². The molecule has 136 valence electrons. The highest BCUT2D eigenvalue weighted by atomic mass is 79.9. The van der Waals surface area contributed by atoms with Gasteiger partial charge in [0, 0.05) is 28.2 Å². The van der Waals surface area contributed by atoms with E-state index in [1.807, 2.05) is 30.5 Å². The van der Waals surface area contributed by atoms with Crippen molar-refractivity contribution in [2.75, 3.05) is 13.6 Å². The van der Waals surface area contributed by atoms with Crippen LogP contribution >= 0.6 is 27.3 Å². The van der Waals surface area contributed by atoms with Gasteiger partial charge in [-0.25, -0.2) is 4.98 Å². The molecule has 1 N–H and O–H groups in total. The number of hydrogen-bond acceptors (Lipinski definition) is 4. The molecule has 1 aromatic carbocycles. The summed E-state index contributed by atoms with van der Waals surface area (Å²) >= 11 is 4.96. The number of hydrogen-bond donors (Lipinski definition) is 1. The fraction of sp³-hybridized carbons (Fsp3) is 0.278. The topological polar surface area (TPSA) is 66.7 Å². The molecule has 2 heterocycles. The third kappa shape index (κ3) is 3.96. The smallest absolute Gasteiger partial charge is 0.251 e. The normalized spacial score (nSPS) is 10.9. The molecule has 0 unspecified atom stereocenters. The lowest BCUT2D eigenvalue weighted by Gasteiger charge is -2.17. The van der Waals surface area contributed by atoms with Gasteiger partial charge in [-0.2, -0.15) is 0 Å². The summed E-state index contributed by atoms with van der Waals surface area (Å²) < 4.78 is 2.85. The van der Waals surface area contributed by atoms with E-state index in [0.717, 1.165) is 20.8 Å². The van der Waals surface area contributed by atoms with Crippen LogP contribution < -0.4 is 5.32 Å². The van der Waals surface area contributed by atoms with Crippen LogP contribution in [0.25, 0.3) is 4.96 Å². The second-order valence-electron chi connectivity index (χ2n) is 6.08. The van der Waals surface area contributed by atoms with Crippen LogP contribution in [0.4, 0.5) is 0 Å². The predicted molar refractivity (Wildman–Crippen MR) is 105 cm³/mol. The minimum atomic E-state index is -0.274. The number of imidazole rings is 1. The number of nitrogens with zero attached hydrogens (tertiary/aromatic N) is 3. The number of likely N-dealkylation sites (N-methyl/N-ethyl adjacent to an activating group) is 1. The fourth-order valence-corrected chi connectivity index (χ4v) is 3.92. The molecule has 0 saturated heterocycles. The Kier molecular flexibility index (Phi) is 5.43. The third-order valence-electron chi connectivity index (χ3n) is 4.04. The number of halogens is 1. The van der Waals surface area contributed by atoms with E-state index in [4.69, 9.17) is 0 Å². The SMILES string of the molecule is Cc1cn2c(CN(C)C(=O)CNC(=O)c3cccc(Br)c3)c(C)nc2s1. The Balaban J connectivity index is 1.62. The number of thiazole rings is 1. The third-order valence-corrected chi connectivity index (χ3v) is 5.43. The quantitative estimate of drug-likeness (QED) is 0.670. The molecular formula is C18H19BrN4O2S. The van der Waals surface area contributed by atoms with Crippen LogP contribution in [-0.2, 0) is 11.3 Å². The predicted octanol–water partition coefficient (Wildman–Crippen LogP) is 3.16. The maximum atomic E-state index is 12.4. The zero-order valence-electron chi connectivity index (χ0n) is 14.7. The molecule has 2 aromatic heterocycles. The lowest BCUT2D eigenvalue weighted by atomic mass is 10.2. The van der Waals surface area contributed by atoms with E-state index in [1.165, 1.54) is 4.88 Å². The van der Waals surface area contributed by atoms with Crippen molar-refractivity contribution in [2.24, 2.45) is 0 Å². The number of nitrogens with one attached hydrogen (secondary N) is 1. The Morgan fingerprint density at radius 2 is 2.12 bits per heavy atom. The number of benzene rings is 1. The number of aryl methyl sites for hydroxylation is 2. The van der Waals surface area contributed by atoms with Crippen LogP contribution in [0.2, 0.25) is 0 Å². The lowest BCUT2D eigenvalue weighted by Crippen LogP contribution is -2.38. The second-order valence-corrected chi connectivity index (χ2v) is 8.21. The summed E-state index contributed by atoms with van der Waals surface area (Å²) in [6, 6.07) is 7.05. The molecular weight excluding hydrogens is 416 g/mol. The highest BCUT2D eigenvalue weighted by molar-refractivity contribution is 9.10. The molecule has 6 nitrogen and oxygen atoms in total. The van der Waals surface area contributed by atoms with Gasteiger partial charge in [-0.05, 0) is 32.0 Å². The monoisotopic (exact) mass is 434 g/mol. The van der Waals surface area contributed by atoms with Crippen molar-refractivity contribution < 1.29 is 9.59 Å². The molecule has 0 radical (unpaired) electrons. The zero-order chi connectivity index (χ0) is 18.8. The van der Waals surface area contributed by atoms with E-state index >= 15 is 0 Å². The molecule has 0 saturated carbocycles. The van der Waals surface area contributed by atoms with Crippen LogP contribution in [0.15, 0.2) is 34.9 Å². The van der Waals surface area contributed by atoms with E-state index < -0.39 is 0 Å². The van der Waals surface area contributed by atoms with Gasteiger partial charge in [0.05, 0.1) is 24.5 Å². The number of carbonyl (C=O) groups excluding carboxylic acids is 2. The molecule has 0 aliphatic carbocycles. The maximum Gasteiger partial charge on any atom is 0.251 e. The molecule has 26 heavy (non-hydrogen) atoms. The summed E-state index contributed by atoms with van der Waals surface area (Å²) in [5.41, 5.74) is 2.41. The van der Waals surface area contributed by atoms with Crippen molar-refractivity contribution in [2.45, 2.75) is 20.4 Å². The summed E-state index contributed by atoms with van der Waals surface area (Å²) in [6.45, 7) is 4.36. The van der Waals surface area contributed by atoms with Gasteiger partial charge in [0.15, 0.2) is 4.96 Å². The Hall–Kier alpha value is -2.19. The molecule has 0 bridgehead atoms. The van der Waals surface area contributed by atoms with Crippen molar-refractivity contribution in [3.63, 3.8) is 0 Å². The number of rotatable bonds is 5. The first-order valence-corrected chi connectivity index (χ1v) is 9.68. The van der Waals surface area contributed by atoms with Crippen molar-refractivity contribution in [3.05, 3.63) is 56.8 Å². The Morgan fingerprint density at radius 3 is 2.85 bits per heavy atom. The van der Waals surface area contributed by atoms with Crippen molar-refractivity contribution in [3.8, 4) is 0 Å². The number of carbonyl (C=O) groups is 2. The minimum absolute atomic E-state index is 0.0501. The van der Waals surface area contributed by atoms with Gasteiger partial charge >= 0.3 is 0 Å². The molecule has 3 rings (SSSR count). The van der Waals surface area contributed by atoms with E-state index in [9.17, 15) is 9.59 Å². The first kappa shape index (κ1) is 18.6. The zero-order valence-corrected chi connectivity index (χ0v) is 17.1.